The van der Waals surface area contributed by atoms with E-state index in [0.717, 1.165) is 30.2 Å². The number of amides is 1. The maximum atomic E-state index is 11.2. The number of halogens is 1. The Morgan fingerprint density at radius 1 is 1.06 bits per heavy atom. The van der Waals surface area contributed by atoms with Crippen molar-refractivity contribution in [3.05, 3.63) is 78.1 Å². The zero-order chi connectivity index (χ0) is 21.2. The lowest BCUT2D eigenvalue weighted by Crippen LogP contribution is -2.37. The second kappa shape index (κ2) is 12.6. The van der Waals surface area contributed by atoms with Crippen molar-refractivity contribution in [2.24, 2.45) is 4.99 Å². The standard InChI is InChI=1S/C22H26N6O2.HI/c1-23-21(25-16-18-4-8-19(9-5-18)27-22(29)30-2)24-14-12-17-6-10-20(11-7-17)28-15-3-13-26-28;/h3-11,13,15H,12,14,16H2,1-2H3,(H,27,29)(H2,23,24,25);1H. The summed E-state index contributed by atoms with van der Waals surface area (Å²) in [5, 5.41) is 13.5. The highest BCUT2D eigenvalue weighted by molar-refractivity contribution is 14.0. The number of hydrogen-bond acceptors (Lipinski definition) is 4. The largest absolute Gasteiger partial charge is 0.453 e. The molecule has 0 saturated carbocycles. The van der Waals surface area contributed by atoms with Gasteiger partial charge in [-0.15, -0.1) is 24.0 Å². The van der Waals surface area contributed by atoms with Gasteiger partial charge in [0.05, 0.1) is 12.8 Å². The van der Waals surface area contributed by atoms with Crippen LogP contribution >= 0.6 is 24.0 Å². The molecule has 0 aliphatic carbocycles. The maximum absolute atomic E-state index is 11.2. The lowest BCUT2D eigenvalue weighted by molar-refractivity contribution is 0.187. The first-order valence-electron chi connectivity index (χ1n) is 9.65. The number of benzene rings is 2. The van der Waals surface area contributed by atoms with Crippen LogP contribution in [0.1, 0.15) is 11.1 Å². The monoisotopic (exact) mass is 534 g/mol. The van der Waals surface area contributed by atoms with Crippen molar-refractivity contribution in [3.63, 3.8) is 0 Å². The third kappa shape index (κ3) is 7.59. The van der Waals surface area contributed by atoms with Gasteiger partial charge in [-0.3, -0.25) is 10.3 Å². The molecule has 3 aromatic rings. The van der Waals surface area contributed by atoms with Gasteiger partial charge in [0.1, 0.15) is 0 Å². The molecule has 3 rings (SSSR count). The third-order valence-corrected chi connectivity index (χ3v) is 4.48. The molecule has 0 unspecified atom stereocenters. The first-order valence-corrected chi connectivity index (χ1v) is 9.65. The number of carbonyl (C=O) groups excluding carboxylic acids is 1. The first kappa shape index (κ1) is 24.2. The van der Waals surface area contributed by atoms with Crippen LogP contribution in [0.25, 0.3) is 5.69 Å². The minimum absolute atomic E-state index is 0. The van der Waals surface area contributed by atoms with Crippen LogP contribution in [-0.4, -0.2) is 42.5 Å². The lowest BCUT2D eigenvalue weighted by atomic mass is 10.1. The van der Waals surface area contributed by atoms with E-state index >= 15 is 0 Å². The van der Waals surface area contributed by atoms with Gasteiger partial charge in [0.2, 0.25) is 0 Å². The van der Waals surface area contributed by atoms with Crippen LogP contribution in [0, 0.1) is 0 Å². The Morgan fingerprint density at radius 3 is 2.39 bits per heavy atom. The molecule has 164 valence electrons. The normalized spacial score (nSPS) is 10.7. The Hall–Kier alpha value is -3.08. The fourth-order valence-corrected chi connectivity index (χ4v) is 2.84. The number of ether oxygens (including phenoxy) is 1. The molecular weight excluding hydrogens is 507 g/mol. The summed E-state index contributed by atoms with van der Waals surface area (Å²) in [6.45, 7) is 1.39. The van der Waals surface area contributed by atoms with E-state index in [4.69, 9.17) is 0 Å². The van der Waals surface area contributed by atoms with Gasteiger partial charge >= 0.3 is 6.09 Å². The Morgan fingerprint density at radius 2 is 1.77 bits per heavy atom. The Balaban J connectivity index is 0.00000341. The fourth-order valence-electron chi connectivity index (χ4n) is 2.84. The first-order chi connectivity index (χ1) is 14.7. The number of rotatable bonds is 7. The average Bonchev–Trinajstić information content (AvgIpc) is 3.32. The molecule has 0 fully saturated rings. The van der Waals surface area contributed by atoms with E-state index in [2.05, 4.69) is 55.0 Å². The van der Waals surface area contributed by atoms with Gasteiger partial charge in [-0.2, -0.15) is 5.10 Å². The smallest absolute Gasteiger partial charge is 0.411 e. The number of aromatic nitrogens is 2. The zero-order valence-electron chi connectivity index (χ0n) is 17.5. The second-order valence-electron chi connectivity index (χ2n) is 6.53. The van der Waals surface area contributed by atoms with Crippen LogP contribution in [0.4, 0.5) is 10.5 Å². The number of methoxy groups -OCH3 is 1. The van der Waals surface area contributed by atoms with E-state index in [0.29, 0.717) is 12.2 Å². The van der Waals surface area contributed by atoms with Crippen molar-refractivity contribution < 1.29 is 9.53 Å². The van der Waals surface area contributed by atoms with Gasteiger partial charge in [0.15, 0.2) is 5.96 Å². The molecule has 1 aromatic heterocycles. The van der Waals surface area contributed by atoms with Crippen LogP contribution in [0.2, 0.25) is 0 Å². The van der Waals surface area contributed by atoms with E-state index in [9.17, 15) is 4.79 Å². The van der Waals surface area contributed by atoms with E-state index in [1.807, 2.05) is 41.2 Å². The van der Waals surface area contributed by atoms with Crippen molar-refractivity contribution in [1.29, 1.82) is 0 Å². The molecule has 31 heavy (non-hydrogen) atoms. The van der Waals surface area contributed by atoms with Crippen molar-refractivity contribution in [3.8, 4) is 5.69 Å². The van der Waals surface area contributed by atoms with Crippen LogP contribution in [0.3, 0.4) is 0 Å². The summed E-state index contributed by atoms with van der Waals surface area (Å²) < 4.78 is 6.42. The van der Waals surface area contributed by atoms with E-state index in [1.54, 1.807) is 13.2 Å². The highest BCUT2D eigenvalue weighted by Crippen LogP contribution is 2.10. The second-order valence-corrected chi connectivity index (χ2v) is 6.53. The van der Waals surface area contributed by atoms with Gasteiger partial charge < -0.3 is 15.4 Å². The molecule has 2 aromatic carbocycles. The van der Waals surface area contributed by atoms with Crippen molar-refractivity contribution in [1.82, 2.24) is 20.4 Å². The highest BCUT2D eigenvalue weighted by Gasteiger charge is 2.02. The third-order valence-electron chi connectivity index (χ3n) is 4.48. The molecule has 8 nitrogen and oxygen atoms in total. The Bertz CT molecular complexity index is 957. The topological polar surface area (TPSA) is 92.6 Å². The number of guanidine groups is 1. The molecule has 0 aliphatic rings. The number of nitrogens with one attached hydrogen (secondary N) is 3. The minimum Gasteiger partial charge on any atom is -0.453 e. The molecule has 0 bridgehead atoms. The van der Waals surface area contributed by atoms with E-state index in [1.165, 1.54) is 12.7 Å². The van der Waals surface area contributed by atoms with Crippen LogP contribution in [0.15, 0.2) is 72.0 Å². The summed E-state index contributed by atoms with van der Waals surface area (Å²) in [6, 6.07) is 17.8. The molecular formula is C22H27IN6O2. The minimum atomic E-state index is -0.485. The lowest BCUT2D eigenvalue weighted by Gasteiger charge is -2.12. The molecule has 3 N–H and O–H groups in total. The fraction of sp³-hybridized carbons (Fsp3) is 0.227. The highest BCUT2D eigenvalue weighted by atomic mass is 127. The Kier molecular flexibility index (Phi) is 9.82. The predicted octanol–water partition coefficient (Wildman–Crippen LogP) is 3.58. The summed E-state index contributed by atoms with van der Waals surface area (Å²) in [4.78, 5) is 15.5. The SMILES string of the molecule is CN=C(NCCc1ccc(-n2cccn2)cc1)NCc1ccc(NC(=O)OC)cc1.I. The van der Waals surface area contributed by atoms with Crippen LogP contribution in [-0.2, 0) is 17.7 Å². The van der Waals surface area contributed by atoms with Gasteiger partial charge in [0, 0.05) is 38.2 Å². The van der Waals surface area contributed by atoms with Gasteiger partial charge in [-0.25, -0.2) is 9.48 Å². The van der Waals surface area contributed by atoms with Crippen LogP contribution in [0.5, 0.6) is 0 Å². The van der Waals surface area contributed by atoms with Crippen LogP contribution < -0.4 is 16.0 Å². The molecule has 0 aliphatic heterocycles. The molecule has 9 heteroatoms. The number of hydrogen-bond donors (Lipinski definition) is 3. The summed E-state index contributed by atoms with van der Waals surface area (Å²) >= 11 is 0. The zero-order valence-corrected chi connectivity index (χ0v) is 19.9. The Labute approximate surface area is 199 Å². The molecule has 0 spiro atoms. The average molecular weight is 534 g/mol. The number of nitrogens with zero attached hydrogens (tertiary/aromatic N) is 3. The summed E-state index contributed by atoms with van der Waals surface area (Å²) in [5.74, 6) is 0.736. The quantitative estimate of drug-likeness (QED) is 0.245. The van der Waals surface area contributed by atoms with Gasteiger partial charge in [0.25, 0.3) is 0 Å². The number of carbonyl (C=O) groups is 1. The summed E-state index contributed by atoms with van der Waals surface area (Å²) in [5.41, 5.74) is 4.04. The summed E-state index contributed by atoms with van der Waals surface area (Å²) in [6.07, 6.45) is 4.09. The number of aliphatic imine (C=N–C) groups is 1. The molecule has 0 radical (unpaired) electrons. The molecule has 0 atom stereocenters. The molecule has 1 heterocycles. The van der Waals surface area contributed by atoms with Gasteiger partial charge in [-0.05, 0) is 47.9 Å². The van der Waals surface area contributed by atoms with Crippen molar-refractivity contribution >= 4 is 41.7 Å². The van der Waals surface area contributed by atoms with E-state index in [-0.39, 0.29) is 24.0 Å². The maximum Gasteiger partial charge on any atom is 0.411 e. The molecule has 1 amide bonds. The summed E-state index contributed by atoms with van der Waals surface area (Å²) in [7, 11) is 3.08. The van der Waals surface area contributed by atoms with E-state index < -0.39 is 6.09 Å². The predicted molar refractivity (Wildman–Crippen MR) is 133 cm³/mol. The van der Waals surface area contributed by atoms with Crippen molar-refractivity contribution in [2.45, 2.75) is 13.0 Å². The molecule has 0 saturated heterocycles. The van der Waals surface area contributed by atoms with Crippen molar-refractivity contribution in [2.75, 3.05) is 26.0 Å². The number of anilines is 1. The van der Waals surface area contributed by atoms with Gasteiger partial charge in [-0.1, -0.05) is 24.3 Å².